The molecule has 0 unspecified atom stereocenters. The Kier molecular flexibility index (Phi) is 3.96. The van der Waals surface area contributed by atoms with Crippen molar-refractivity contribution in [1.82, 2.24) is 15.0 Å². The zero-order valence-electron chi connectivity index (χ0n) is 13.1. The SMILES string of the molecule is O=C(Cc1ccc2ccccc2c1)N1CCOC[C@@H]1c1ncon1. The van der Waals surface area contributed by atoms with Crippen LogP contribution < -0.4 is 0 Å². The van der Waals surface area contributed by atoms with Crippen LogP contribution in [-0.2, 0) is 16.0 Å². The minimum atomic E-state index is -0.287. The first kappa shape index (κ1) is 14.8. The number of rotatable bonds is 3. The van der Waals surface area contributed by atoms with Gasteiger partial charge in [-0.1, -0.05) is 47.6 Å². The van der Waals surface area contributed by atoms with Crippen LogP contribution in [0.3, 0.4) is 0 Å². The molecule has 6 nitrogen and oxygen atoms in total. The Morgan fingerprint density at radius 2 is 2.08 bits per heavy atom. The normalized spacial score (nSPS) is 18.0. The Balaban J connectivity index is 1.55. The Morgan fingerprint density at radius 1 is 1.21 bits per heavy atom. The quantitative estimate of drug-likeness (QED) is 0.740. The lowest BCUT2D eigenvalue weighted by Crippen LogP contribution is -2.44. The summed E-state index contributed by atoms with van der Waals surface area (Å²) in [6, 6.07) is 14.0. The number of ether oxygens (including phenoxy) is 1. The first-order valence-corrected chi connectivity index (χ1v) is 7.92. The van der Waals surface area contributed by atoms with Crippen molar-refractivity contribution in [2.24, 2.45) is 0 Å². The lowest BCUT2D eigenvalue weighted by atomic mass is 10.0. The number of aromatic nitrogens is 2. The van der Waals surface area contributed by atoms with Crippen molar-refractivity contribution in [3.63, 3.8) is 0 Å². The highest BCUT2D eigenvalue weighted by Crippen LogP contribution is 2.23. The van der Waals surface area contributed by atoms with E-state index in [1.165, 1.54) is 11.8 Å². The van der Waals surface area contributed by atoms with Gasteiger partial charge in [-0.15, -0.1) is 0 Å². The number of morpholine rings is 1. The van der Waals surface area contributed by atoms with Crippen molar-refractivity contribution in [3.05, 3.63) is 60.2 Å². The summed E-state index contributed by atoms with van der Waals surface area (Å²) in [7, 11) is 0. The summed E-state index contributed by atoms with van der Waals surface area (Å²) in [5, 5.41) is 6.17. The maximum absolute atomic E-state index is 12.8. The molecule has 0 radical (unpaired) electrons. The van der Waals surface area contributed by atoms with E-state index in [0.29, 0.717) is 32.0 Å². The van der Waals surface area contributed by atoms with E-state index in [1.54, 1.807) is 4.90 Å². The number of nitrogens with zero attached hydrogens (tertiary/aromatic N) is 3. The number of hydrogen-bond acceptors (Lipinski definition) is 5. The van der Waals surface area contributed by atoms with E-state index < -0.39 is 0 Å². The third-order valence-electron chi connectivity index (χ3n) is 4.29. The predicted octanol–water partition coefficient (Wildman–Crippen LogP) is 2.37. The molecule has 0 N–H and O–H groups in total. The molecule has 2 aromatic carbocycles. The monoisotopic (exact) mass is 323 g/mol. The lowest BCUT2D eigenvalue weighted by Gasteiger charge is -2.33. The Morgan fingerprint density at radius 3 is 2.92 bits per heavy atom. The maximum atomic E-state index is 12.8. The zero-order valence-corrected chi connectivity index (χ0v) is 13.1. The van der Waals surface area contributed by atoms with Crippen molar-refractivity contribution in [2.45, 2.75) is 12.5 Å². The molecule has 0 spiro atoms. The molecule has 24 heavy (non-hydrogen) atoms. The lowest BCUT2D eigenvalue weighted by molar-refractivity contribution is -0.139. The summed E-state index contributed by atoms with van der Waals surface area (Å²) in [4.78, 5) is 18.6. The van der Waals surface area contributed by atoms with Gasteiger partial charge in [0.15, 0.2) is 5.82 Å². The Labute approximate surface area is 139 Å². The van der Waals surface area contributed by atoms with Gasteiger partial charge in [0, 0.05) is 6.54 Å². The highest BCUT2D eigenvalue weighted by Gasteiger charge is 2.31. The molecule has 0 bridgehead atoms. The van der Waals surface area contributed by atoms with Gasteiger partial charge >= 0.3 is 0 Å². The van der Waals surface area contributed by atoms with Crippen LogP contribution in [0.4, 0.5) is 0 Å². The van der Waals surface area contributed by atoms with E-state index in [-0.39, 0.29) is 11.9 Å². The third kappa shape index (κ3) is 2.88. The third-order valence-corrected chi connectivity index (χ3v) is 4.29. The van der Waals surface area contributed by atoms with Crippen molar-refractivity contribution < 1.29 is 14.1 Å². The van der Waals surface area contributed by atoms with E-state index >= 15 is 0 Å². The highest BCUT2D eigenvalue weighted by atomic mass is 16.5. The van der Waals surface area contributed by atoms with Gasteiger partial charge < -0.3 is 14.2 Å². The molecule has 0 aliphatic carbocycles. The summed E-state index contributed by atoms with van der Waals surface area (Å²) in [5.41, 5.74) is 0.997. The van der Waals surface area contributed by atoms with Crippen molar-refractivity contribution in [2.75, 3.05) is 19.8 Å². The van der Waals surface area contributed by atoms with Crippen LogP contribution in [0.2, 0.25) is 0 Å². The van der Waals surface area contributed by atoms with E-state index in [1.807, 2.05) is 24.3 Å². The molecule has 0 saturated carbocycles. The average Bonchev–Trinajstić information content (AvgIpc) is 3.16. The summed E-state index contributed by atoms with van der Waals surface area (Å²) in [5.74, 6) is 0.532. The molecule has 4 rings (SSSR count). The number of hydrogen-bond donors (Lipinski definition) is 0. The topological polar surface area (TPSA) is 68.5 Å². The van der Waals surface area contributed by atoms with Gasteiger partial charge in [0.05, 0.1) is 19.6 Å². The molecule has 2 heterocycles. The van der Waals surface area contributed by atoms with Crippen LogP contribution in [0.15, 0.2) is 53.4 Å². The Bertz CT molecular complexity index is 848. The van der Waals surface area contributed by atoms with Gasteiger partial charge in [-0.3, -0.25) is 4.79 Å². The summed E-state index contributed by atoms with van der Waals surface area (Å²) >= 11 is 0. The fourth-order valence-electron chi connectivity index (χ4n) is 3.07. The van der Waals surface area contributed by atoms with Crippen molar-refractivity contribution >= 4 is 16.7 Å². The van der Waals surface area contributed by atoms with Gasteiger partial charge in [-0.05, 0) is 16.3 Å². The standard InChI is InChI=1S/C18H17N3O3/c22-17(10-13-5-6-14-3-1-2-4-15(14)9-13)21-7-8-23-11-16(21)18-19-12-24-20-18/h1-6,9,12,16H,7-8,10-11H2/t16-/m1/s1. The molecule has 1 amide bonds. The average molecular weight is 323 g/mol. The fourth-order valence-corrected chi connectivity index (χ4v) is 3.07. The van der Waals surface area contributed by atoms with E-state index in [9.17, 15) is 4.79 Å². The zero-order chi connectivity index (χ0) is 16.4. The first-order chi connectivity index (χ1) is 11.8. The first-order valence-electron chi connectivity index (χ1n) is 7.92. The maximum Gasteiger partial charge on any atom is 0.227 e. The Hall–Kier alpha value is -2.73. The van der Waals surface area contributed by atoms with Gasteiger partial charge in [-0.2, -0.15) is 4.98 Å². The molecule has 1 aromatic heterocycles. The fraction of sp³-hybridized carbons (Fsp3) is 0.278. The number of fused-ring (bicyclic) bond motifs is 1. The molecular weight excluding hydrogens is 306 g/mol. The molecule has 1 fully saturated rings. The molecule has 1 aliphatic heterocycles. The second kappa shape index (κ2) is 6.41. The van der Waals surface area contributed by atoms with Crippen LogP contribution in [-0.4, -0.2) is 40.7 Å². The number of carbonyl (C=O) groups excluding carboxylic acids is 1. The van der Waals surface area contributed by atoms with Crippen molar-refractivity contribution in [1.29, 1.82) is 0 Å². The minimum absolute atomic E-state index is 0.0448. The van der Waals surface area contributed by atoms with E-state index in [4.69, 9.17) is 9.26 Å². The van der Waals surface area contributed by atoms with Crippen LogP contribution in [0, 0.1) is 0 Å². The minimum Gasteiger partial charge on any atom is -0.377 e. The summed E-state index contributed by atoms with van der Waals surface area (Å²) in [6.07, 6.45) is 1.62. The van der Waals surface area contributed by atoms with Gasteiger partial charge in [-0.25, -0.2) is 0 Å². The van der Waals surface area contributed by atoms with Crippen LogP contribution in [0.25, 0.3) is 10.8 Å². The second-order valence-electron chi connectivity index (χ2n) is 5.83. The van der Waals surface area contributed by atoms with Gasteiger partial charge in [0.1, 0.15) is 6.04 Å². The highest BCUT2D eigenvalue weighted by molar-refractivity contribution is 5.85. The number of benzene rings is 2. The molecule has 122 valence electrons. The van der Waals surface area contributed by atoms with Crippen molar-refractivity contribution in [3.8, 4) is 0 Å². The van der Waals surface area contributed by atoms with Crippen LogP contribution in [0.1, 0.15) is 17.4 Å². The molecule has 6 heteroatoms. The molecular formula is C18H17N3O3. The number of amides is 1. The van der Waals surface area contributed by atoms with Crippen LogP contribution in [0.5, 0.6) is 0 Å². The number of carbonyl (C=O) groups is 1. The predicted molar refractivity (Wildman–Crippen MR) is 87.2 cm³/mol. The second-order valence-corrected chi connectivity index (χ2v) is 5.83. The van der Waals surface area contributed by atoms with Gasteiger partial charge in [0.2, 0.25) is 12.3 Å². The van der Waals surface area contributed by atoms with Gasteiger partial charge in [0.25, 0.3) is 0 Å². The van der Waals surface area contributed by atoms with E-state index in [0.717, 1.165) is 10.9 Å². The molecule has 1 saturated heterocycles. The van der Waals surface area contributed by atoms with E-state index in [2.05, 4.69) is 28.3 Å². The summed E-state index contributed by atoms with van der Waals surface area (Å²) in [6.45, 7) is 1.45. The smallest absolute Gasteiger partial charge is 0.227 e. The molecule has 3 aromatic rings. The largest absolute Gasteiger partial charge is 0.377 e. The summed E-state index contributed by atoms with van der Waals surface area (Å²) < 4.78 is 10.3. The molecule has 1 atom stereocenters. The van der Waals surface area contributed by atoms with Crippen LogP contribution >= 0.6 is 0 Å². The molecule has 1 aliphatic rings.